The number of nitrogens with two attached hydrogens (primary N) is 1. The van der Waals surface area contributed by atoms with Crippen LogP contribution in [-0.2, 0) is 0 Å². The highest BCUT2D eigenvalue weighted by atomic mass is 32.2. The van der Waals surface area contributed by atoms with E-state index in [9.17, 15) is 0 Å². The van der Waals surface area contributed by atoms with Gasteiger partial charge in [-0.1, -0.05) is 13.8 Å². The van der Waals surface area contributed by atoms with Crippen molar-refractivity contribution >= 4 is 23.1 Å². The van der Waals surface area contributed by atoms with E-state index >= 15 is 0 Å². The number of thioether (sulfide) groups is 1. The number of aryl methyl sites for hydroxylation is 1. The Balaban J connectivity index is 2.76. The van der Waals surface area contributed by atoms with E-state index in [0.717, 1.165) is 12.2 Å². The van der Waals surface area contributed by atoms with Crippen molar-refractivity contribution in [2.24, 2.45) is 5.73 Å². The summed E-state index contributed by atoms with van der Waals surface area (Å²) in [4.78, 5) is 2.81. The van der Waals surface area contributed by atoms with E-state index in [0.29, 0.717) is 5.25 Å². The van der Waals surface area contributed by atoms with Crippen LogP contribution in [0.15, 0.2) is 12.1 Å². The summed E-state index contributed by atoms with van der Waals surface area (Å²) in [5.41, 5.74) is 6.13. The maximum Gasteiger partial charge on any atom is 0.0542 e. The molecule has 0 aliphatic heterocycles. The molecule has 0 radical (unpaired) electrons. The van der Waals surface area contributed by atoms with Crippen molar-refractivity contribution in [1.82, 2.24) is 0 Å². The van der Waals surface area contributed by atoms with E-state index in [4.69, 9.17) is 5.73 Å². The van der Waals surface area contributed by atoms with Gasteiger partial charge in [0.2, 0.25) is 0 Å². The summed E-state index contributed by atoms with van der Waals surface area (Å²) < 4.78 is 0. The Morgan fingerprint density at radius 2 is 2.14 bits per heavy atom. The van der Waals surface area contributed by atoms with Gasteiger partial charge in [0.25, 0.3) is 0 Å². The van der Waals surface area contributed by atoms with Gasteiger partial charge in [0, 0.05) is 15.8 Å². The molecule has 2 N–H and O–H groups in total. The summed E-state index contributed by atoms with van der Waals surface area (Å²) in [5, 5.41) is 0.490. The summed E-state index contributed by atoms with van der Waals surface area (Å²) in [6.07, 6.45) is 1.05. The van der Waals surface area contributed by atoms with Crippen molar-refractivity contribution < 1.29 is 0 Å². The predicted molar refractivity (Wildman–Crippen MR) is 68.2 cm³/mol. The fourth-order valence-electron chi connectivity index (χ4n) is 1.42. The quantitative estimate of drug-likeness (QED) is 0.835. The predicted octanol–water partition coefficient (Wildman–Crippen LogP) is 3.59. The Hall–Kier alpha value is 0.01000. The monoisotopic (exact) mass is 229 g/mol. The van der Waals surface area contributed by atoms with Crippen LogP contribution < -0.4 is 5.73 Å². The van der Waals surface area contributed by atoms with Gasteiger partial charge in [-0.25, -0.2) is 0 Å². The number of hydrogen-bond donors (Lipinski definition) is 1. The maximum atomic E-state index is 6.13. The molecule has 1 rings (SSSR count). The molecule has 80 valence electrons. The topological polar surface area (TPSA) is 26.0 Å². The van der Waals surface area contributed by atoms with Gasteiger partial charge in [-0.05, 0) is 31.2 Å². The van der Waals surface area contributed by atoms with Gasteiger partial charge in [-0.15, -0.1) is 11.3 Å². The zero-order valence-corrected chi connectivity index (χ0v) is 10.8. The van der Waals surface area contributed by atoms with Gasteiger partial charge in [-0.2, -0.15) is 11.8 Å². The third-order valence-corrected chi connectivity index (χ3v) is 4.78. The molecule has 2 unspecified atom stereocenters. The summed E-state index contributed by atoms with van der Waals surface area (Å²) in [7, 11) is 0. The smallest absolute Gasteiger partial charge is 0.0542 e. The SMILES string of the molecule is CCSC(c1ccc(C)s1)C(N)CC. The van der Waals surface area contributed by atoms with Crippen molar-refractivity contribution in [1.29, 1.82) is 0 Å². The molecule has 0 fully saturated rings. The lowest BCUT2D eigenvalue weighted by Crippen LogP contribution is -2.25. The van der Waals surface area contributed by atoms with Gasteiger partial charge in [0.1, 0.15) is 0 Å². The first-order chi connectivity index (χ1) is 6.69. The van der Waals surface area contributed by atoms with Crippen LogP contribution in [0.3, 0.4) is 0 Å². The van der Waals surface area contributed by atoms with Gasteiger partial charge in [0.15, 0.2) is 0 Å². The molecule has 0 bridgehead atoms. The van der Waals surface area contributed by atoms with Crippen LogP contribution in [0.25, 0.3) is 0 Å². The first-order valence-corrected chi connectivity index (χ1v) is 6.99. The van der Waals surface area contributed by atoms with E-state index in [1.54, 1.807) is 0 Å². The average Bonchev–Trinajstić information content (AvgIpc) is 2.60. The molecule has 1 heterocycles. The minimum Gasteiger partial charge on any atom is -0.326 e. The molecule has 2 atom stereocenters. The highest BCUT2D eigenvalue weighted by molar-refractivity contribution is 7.99. The summed E-state index contributed by atoms with van der Waals surface area (Å²) in [6.45, 7) is 6.51. The normalized spacial score (nSPS) is 15.4. The third-order valence-electron chi connectivity index (χ3n) is 2.25. The molecule has 0 aliphatic rings. The van der Waals surface area contributed by atoms with Gasteiger partial charge in [0.05, 0.1) is 5.25 Å². The highest BCUT2D eigenvalue weighted by Crippen LogP contribution is 2.36. The van der Waals surface area contributed by atoms with E-state index in [-0.39, 0.29) is 6.04 Å². The lowest BCUT2D eigenvalue weighted by atomic mass is 10.1. The van der Waals surface area contributed by atoms with E-state index < -0.39 is 0 Å². The molecule has 1 aromatic heterocycles. The Labute approximate surface area is 95.1 Å². The fraction of sp³-hybridized carbons (Fsp3) is 0.636. The largest absolute Gasteiger partial charge is 0.326 e. The second kappa shape index (κ2) is 5.79. The summed E-state index contributed by atoms with van der Waals surface area (Å²) in [5.74, 6) is 1.13. The van der Waals surface area contributed by atoms with Crippen LogP contribution in [0.1, 0.15) is 35.3 Å². The lowest BCUT2D eigenvalue weighted by molar-refractivity contribution is 0.640. The molecule has 1 aromatic rings. The molecule has 3 heteroatoms. The molecule has 0 saturated carbocycles. The Kier molecular flexibility index (Phi) is 4.99. The highest BCUT2D eigenvalue weighted by Gasteiger charge is 2.19. The van der Waals surface area contributed by atoms with E-state index in [2.05, 4.69) is 32.9 Å². The molecule has 0 aromatic carbocycles. The van der Waals surface area contributed by atoms with Crippen LogP contribution in [0, 0.1) is 6.92 Å². The van der Waals surface area contributed by atoms with Gasteiger partial charge >= 0.3 is 0 Å². The number of hydrogen-bond acceptors (Lipinski definition) is 3. The molecule has 0 amide bonds. The van der Waals surface area contributed by atoms with Gasteiger partial charge < -0.3 is 5.73 Å². The lowest BCUT2D eigenvalue weighted by Gasteiger charge is -2.20. The van der Waals surface area contributed by atoms with E-state index in [1.807, 2.05) is 23.1 Å². The van der Waals surface area contributed by atoms with Crippen molar-refractivity contribution in [2.75, 3.05) is 5.75 Å². The van der Waals surface area contributed by atoms with Crippen molar-refractivity contribution in [3.63, 3.8) is 0 Å². The molecular formula is C11H19NS2. The van der Waals surface area contributed by atoms with Crippen LogP contribution in [0.5, 0.6) is 0 Å². The van der Waals surface area contributed by atoms with Crippen molar-refractivity contribution in [3.05, 3.63) is 21.9 Å². The maximum absolute atomic E-state index is 6.13. The molecule has 14 heavy (non-hydrogen) atoms. The first kappa shape index (κ1) is 12.1. The van der Waals surface area contributed by atoms with Gasteiger partial charge in [-0.3, -0.25) is 0 Å². The molecule has 0 aliphatic carbocycles. The minimum absolute atomic E-state index is 0.290. The second-order valence-electron chi connectivity index (χ2n) is 3.40. The second-order valence-corrected chi connectivity index (χ2v) is 6.13. The fourth-order valence-corrected chi connectivity index (χ4v) is 3.74. The number of rotatable bonds is 5. The van der Waals surface area contributed by atoms with Crippen molar-refractivity contribution in [3.8, 4) is 0 Å². The molecular weight excluding hydrogens is 210 g/mol. The van der Waals surface area contributed by atoms with E-state index in [1.165, 1.54) is 9.75 Å². The molecule has 0 saturated heterocycles. The summed E-state index contributed by atoms with van der Waals surface area (Å²) in [6, 6.07) is 4.70. The zero-order valence-electron chi connectivity index (χ0n) is 9.12. The molecule has 0 spiro atoms. The zero-order chi connectivity index (χ0) is 10.6. The van der Waals surface area contributed by atoms with Crippen LogP contribution in [0.4, 0.5) is 0 Å². The average molecular weight is 229 g/mol. The Bertz CT molecular complexity index is 270. The number of thiophene rings is 1. The minimum atomic E-state index is 0.290. The summed E-state index contributed by atoms with van der Waals surface area (Å²) >= 11 is 3.84. The Morgan fingerprint density at radius 3 is 2.57 bits per heavy atom. The standard InChI is InChI=1S/C11H19NS2/c1-4-9(12)11(13-5-2)10-7-6-8(3)14-10/h6-7,9,11H,4-5,12H2,1-3H3. The van der Waals surface area contributed by atoms with Crippen molar-refractivity contribution in [2.45, 2.75) is 38.5 Å². The van der Waals surface area contributed by atoms with Crippen LogP contribution in [-0.4, -0.2) is 11.8 Å². The van der Waals surface area contributed by atoms with Crippen LogP contribution in [0.2, 0.25) is 0 Å². The Morgan fingerprint density at radius 1 is 1.43 bits per heavy atom. The molecule has 1 nitrogen and oxygen atoms in total. The first-order valence-electron chi connectivity index (χ1n) is 5.12. The third kappa shape index (κ3) is 3.01. The van der Waals surface area contributed by atoms with Crippen LogP contribution >= 0.6 is 23.1 Å².